The highest BCUT2D eigenvalue weighted by Crippen LogP contribution is 2.63. The molecule has 0 radical (unpaired) electrons. The van der Waals surface area contributed by atoms with Gasteiger partial charge >= 0.3 is 0 Å². The molecule has 61 heavy (non-hydrogen) atoms. The summed E-state index contributed by atoms with van der Waals surface area (Å²) in [5.74, 6) is 0. The van der Waals surface area contributed by atoms with E-state index in [1.54, 1.807) is 0 Å². The number of benzene rings is 10. The van der Waals surface area contributed by atoms with Crippen LogP contribution in [0.25, 0.3) is 44.2 Å². The van der Waals surface area contributed by atoms with Crippen molar-refractivity contribution in [3.05, 3.63) is 265 Å². The molecule has 10 aromatic rings. The Bertz CT molecular complexity index is 3170. The first kappa shape index (κ1) is 35.0. The van der Waals surface area contributed by atoms with Crippen LogP contribution in [-0.4, -0.2) is 0 Å². The molecular formula is C59H40N2. The van der Waals surface area contributed by atoms with E-state index in [-0.39, 0.29) is 0 Å². The molecule has 0 saturated heterocycles. The lowest BCUT2D eigenvalue weighted by Gasteiger charge is -2.32. The molecule has 0 aromatic heterocycles. The number of rotatable bonds is 7. The topological polar surface area (TPSA) is 6.48 Å². The molecule has 2 heteroatoms. The Morgan fingerprint density at radius 3 is 1.25 bits per heavy atom. The Kier molecular flexibility index (Phi) is 8.11. The number of anilines is 6. The molecule has 0 bridgehead atoms. The van der Waals surface area contributed by atoms with Gasteiger partial charge in [-0.05, 0) is 128 Å². The SMILES string of the molecule is c1ccc(N(c2ccc(-c3ccc(N(c4ccccc4)c4cccc5ccccc45)cc3)cc2)c2ccc3c(c2)C2(c4ccccc4-c4ccccc42)c2ccccc2-3)cc1. The molecule has 0 aliphatic heterocycles. The van der Waals surface area contributed by atoms with E-state index < -0.39 is 5.41 Å². The molecule has 0 saturated carbocycles. The molecule has 0 amide bonds. The maximum Gasteiger partial charge on any atom is 0.0726 e. The van der Waals surface area contributed by atoms with E-state index in [9.17, 15) is 0 Å². The maximum absolute atomic E-state index is 2.46. The zero-order chi connectivity index (χ0) is 40.3. The average Bonchev–Trinajstić information content (AvgIpc) is 3.80. The fourth-order valence-electron chi connectivity index (χ4n) is 10.3. The standard InChI is InChI=1S/C59H40N2/c1-3-18-44(19-4-1)60(48-38-39-53-52-25-11-14-28-56(52)59(57(53)40-48)54-26-12-9-23-50(54)51-24-10-13-27-55(51)59)46-34-30-41(31-35-46)42-32-36-47(37-33-42)61(45-20-5-2-6-21-45)58-29-15-17-43-16-7-8-22-49(43)58/h1-40H. The van der Waals surface area contributed by atoms with Gasteiger partial charge in [-0.2, -0.15) is 0 Å². The minimum Gasteiger partial charge on any atom is -0.310 e. The van der Waals surface area contributed by atoms with Crippen molar-refractivity contribution >= 4 is 44.9 Å². The summed E-state index contributed by atoms with van der Waals surface area (Å²) >= 11 is 0. The lowest BCUT2D eigenvalue weighted by atomic mass is 9.70. The van der Waals surface area contributed by atoms with Crippen LogP contribution in [0, 0.1) is 0 Å². The van der Waals surface area contributed by atoms with Crippen molar-refractivity contribution in [2.45, 2.75) is 5.41 Å². The van der Waals surface area contributed by atoms with Gasteiger partial charge in [-0.15, -0.1) is 0 Å². The highest BCUT2D eigenvalue weighted by molar-refractivity contribution is 5.99. The molecule has 0 fully saturated rings. The Morgan fingerprint density at radius 1 is 0.262 bits per heavy atom. The van der Waals surface area contributed by atoms with E-state index in [1.165, 1.54) is 66.4 Å². The van der Waals surface area contributed by atoms with Crippen LogP contribution in [0.4, 0.5) is 34.1 Å². The quantitative estimate of drug-likeness (QED) is 0.159. The molecule has 2 aliphatic carbocycles. The Hall–Kier alpha value is -7.94. The summed E-state index contributed by atoms with van der Waals surface area (Å²) in [6.45, 7) is 0. The summed E-state index contributed by atoms with van der Waals surface area (Å²) in [6.07, 6.45) is 0. The number of hydrogen-bond acceptors (Lipinski definition) is 2. The van der Waals surface area contributed by atoms with Gasteiger partial charge < -0.3 is 9.80 Å². The van der Waals surface area contributed by atoms with Gasteiger partial charge in [0.05, 0.1) is 11.1 Å². The van der Waals surface area contributed by atoms with Crippen LogP contribution in [-0.2, 0) is 5.41 Å². The highest BCUT2D eigenvalue weighted by atomic mass is 15.1. The Labute approximate surface area is 356 Å². The second-order valence-electron chi connectivity index (χ2n) is 16.1. The largest absolute Gasteiger partial charge is 0.310 e. The van der Waals surface area contributed by atoms with E-state index in [1.807, 2.05) is 0 Å². The zero-order valence-electron chi connectivity index (χ0n) is 33.5. The molecule has 2 aliphatic rings. The van der Waals surface area contributed by atoms with E-state index in [2.05, 4.69) is 252 Å². The molecule has 10 aromatic carbocycles. The third-order valence-corrected chi connectivity index (χ3v) is 12.9. The molecule has 1 spiro atoms. The monoisotopic (exact) mass is 776 g/mol. The van der Waals surface area contributed by atoms with Gasteiger partial charge in [0.15, 0.2) is 0 Å². The second kappa shape index (κ2) is 14.1. The number of hydrogen-bond donors (Lipinski definition) is 0. The first-order valence-electron chi connectivity index (χ1n) is 21.1. The van der Waals surface area contributed by atoms with Crippen LogP contribution in [0.2, 0.25) is 0 Å². The summed E-state index contributed by atoms with van der Waals surface area (Å²) in [5.41, 5.74) is 19.3. The normalized spacial score (nSPS) is 12.7. The predicted octanol–water partition coefficient (Wildman–Crippen LogP) is 15.8. The summed E-state index contributed by atoms with van der Waals surface area (Å²) in [7, 11) is 0. The zero-order valence-corrected chi connectivity index (χ0v) is 33.5. The van der Waals surface area contributed by atoms with Crippen LogP contribution >= 0.6 is 0 Å². The molecular weight excluding hydrogens is 737 g/mol. The van der Waals surface area contributed by atoms with E-state index in [0.29, 0.717) is 0 Å². The molecule has 286 valence electrons. The van der Waals surface area contributed by atoms with Gasteiger partial charge in [-0.25, -0.2) is 0 Å². The summed E-state index contributed by atoms with van der Waals surface area (Å²) in [6, 6.07) is 88.8. The van der Waals surface area contributed by atoms with Gasteiger partial charge in [-0.1, -0.05) is 176 Å². The minimum atomic E-state index is -0.406. The molecule has 0 atom stereocenters. The maximum atomic E-state index is 2.46. The number of fused-ring (bicyclic) bond motifs is 11. The molecule has 0 heterocycles. The lowest BCUT2D eigenvalue weighted by Crippen LogP contribution is -2.26. The van der Waals surface area contributed by atoms with Crippen LogP contribution < -0.4 is 9.80 Å². The first-order valence-corrected chi connectivity index (χ1v) is 21.1. The van der Waals surface area contributed by atoms with Gasteiger partial charge in [0.25, 0.3) is 0 Å². The van der Waals surface area contributed by atoms with Gasteiger partial charge in [-0.3, -0.25) is 0 Å². The van der Waals surface area contributed by atoms with Crippen molar-refractivity contribution in [2.75, 3.05) is 9.80 Å². The van der Waals surface area contributed by atoms with Crippen molar-refractivity contribution in [1.29, 1.82) is 0 Å². The van der Waals surface area contributed by atoms with Crippen molar-refractivity contribution in [2.24, 2.45) is 0 Å². The van der Waals surface area contributed by atoms with Crippen molar-refractivity contribution < 1.29 is 0 Å². The third-order valence-electron chi connectivity index (χ3n) is 12.9. The fourth-order valence-corrected chi connectivity index (χ4v) is 10.3. The summed E-state index contributed by atoms with van der Waals surface area (Å²) in [5, 5.41) is 2.44. The van der Waals surface area contributed by atoms with E-state index >= 15 is 0 Å². The Balaban J connectivity index is 0.943. The van der Waals surface area contributed by atoms with Gasteiger partial charge in [0.2, 0.25) is 0 Å². The summed E-state index contributed by atoms with van der Waals surface area (Å²) < 4.78 is 0. The Morgan fingerprint density at radius 2 is 0.672 bits per heavy atom. The number of para-hydroxylation sites is 2. The molecule has 2 nitrogen and oxygen atoms in total. The highest BCUT2D eigenvalue weighted by Gasteiger charge is 2.51. The van der Waals surface area contributed by atoms with E-state index in [0.717, 1.165) is 34.1 Å². The minimum absolute atomic E-state index is 0.406. The van der Waals surface area contributed by atoms with Crippen molar-refractivity contribution in [3.63, 3.8) is 0 Å². The average molecular weight is 777 g/mol. The van der Waals surface area contributed by atoms with Gasteiger partial charge in [0, 0.05) is 33.8 Å². The predicted molar refractivity (Wildman–Crippen MR) is 255 cm³/mol. The first-order chi connectivity index (χ1) is 30.3. The van der Waals surface area contributed by atoms with Crippen molar-refractivity contribution in [1.82, 2.24) is 0 Å². The van der Waals surface area contributed by atoms with Crippen LogP contribution in [0.5, 0.6) is 0 Å². The number of nitrogens with zero attached hydrogens (tertiary/aromatic N) is 2. The lowest BCUT2D eigenvalue weighted by molar-refractivity contribution is 0.793. The third kappa shape index (κ3) is 5.43. The molecule has 0 unspecified atom stereocenters. The summed E-state index contributed by atoms with van der Waals surface area (Å²) in [4.78, 5) is 4.76. The van der Waals surface area contributed by atoms with Crippen LogP contribution in [0.3, 0.4) is 0 Å². The van der Waals surface area contributed by atoms with Gasteiger partial charge in [0.1, 0.15) is 0 Å². The van der Waals surface area contributed by atoms with E-state index in [4.69, 9.17) is 0 Å². The fraction of sp³-hybridized carbons (Fsp3) is 0.0169. The smallest absolute Gasteiger partial charge is 0.0726 e. The van der Waals surface area contributed by atoms with Crippen molar-refractivity contribution in [3.8, 4) is 33.4 Å². The van der Waals surface area contributed by atoms with Crippen LogP contribution in [0.15, 0.2) is 243 Å². The van der Waals surface area contributed by atoms with Crippen LogP contribution in [0.1, 0.15) is 22.3 Å². The molecule has 0 N–H and O–H groups in total. The molecule has 12 rings (SSSR count). The second-order valence-corrected chi connectivity index (χ2v) is 16.1.